The van der Waals surface area contributed by atoms with Crippen LogP contribution in [0.5, 0.6) is 0 Å². The predicted molar refractivity (Wildman–Crippen MR) is 88.4 cm³/mol. The molecule has 0 amide bonds. The summed E-state index contributed by atoms with van der Waals surface area (Å²) in [6, 6.07) is 3.89. The Labute approximate surface area is 142 Å². The SMILES string of the molecule is CC(C)[C@@H]1CC[C@@H](C)C[C@H]1OC(=O)C1CC1c1ccc(F)c(F)c1. The zero-order chi connectivity index (χ0) is 17.4. The van der Waals surface area contributed by atoms with Gasteiger partial charge in [-0.05, 0) is 60.6 Å². The minimum atomic E-state index is -0.854. The average molecular weight is 336 g/mol. The van der Waals surface area contributed by atoms with Crippen LogP contribution in [0.1, 0.15) is 57.9 Å². The lowest BCUT2D eigenvalue weighted by Crippen LogP contribution is -2.36. The normalized spacial score (nSPS) is 32.7. The first-order valence-corrected chi connectivity index (χ1v) is 9.02. The standard InChI is InChI=1S/C20H26F2O2/c1-11(2)14-6-4-12(3)8-19(14)24-20(23)16-10-15(16)13-5-7-17(21)18(22)9-13/h5,7,9,11-12,14-16,19H,4,6,8,10H2,1-3H3/t12-,14+,15?,16?,19-/m1/s1. The van der Waals surface area contributed by atoms with E-state index in [0.717, 1.165) is 18.9 Å². The first-order chi connectivity index (χ1) is 11.4. The zero-order valence-electron chi connectivity index (χ0n) is 14.6. The summed E-state index contributed by atoms with van der Waals surface area (Å²) in [5.74, 6) is -0.622. The number of carbonyl (C=O) groups excluding carboxylic acids is 1. The van der Waals surface area contributed by atoms with Crippen molar-refractivity contribution < 1.29 is 18.3 Å². The van der Waals surface area contributed by atoms with Crippen molar-refractivity contribution in [1.82, 2.24) is 0 Å². The van der Waals surface area contributed by atoms with Crippen molar-refractivity contribution in [2.45, 2.75) is 58.5 Å². The summed E-state index contributed by atoms with van der Waals surface area (Å²) in [5, 5.41) is 0. The molecule has 0 aromatic heterocycles. The van der Waals surface area contributed by atoms with E-state index in [4.69, 9.17) is 4.74 Å². The molecule has 2 unspecified atom stereocenters. The van der Waals surface area contributed by atoms with E-state index < -0.39 is 11.6 Å². The second-order valence-electron chi connectivity index (χ2n) is 7.92. The van der Waals surface area contributed by atoms with Crippen LogP contribution in [0.15, 0.2) is 18.2 Å². The van der Waals surface area contributed by atoms with Crippen LogP contribution in [-0.4, -0.2) is 12.1 Å². The fraction of sp³-hybridized carbons (Fsp3) is 0.650. The number of hydrogen-bond acceptors (Lipinski definition) is 2. The summed E-state index contributed by atoms with van der Waals surface area (Å²) in [5.41, 5.74) is 0.688. The van der Waals surface area contributed by atoms with Crippen LogP contribution in [0.3, 0.4) is 0 Å². The van der Waals surface area contributed by atoms with Gasteiger partial charge in [-0.15, -0.1) is 0 Å². The highest BCUT2D eigenvalue weighted by Gasteiger charge is 2.47. The molecule has 2 nitrogen and oxygen atoms in total. The molecule has 0 aliphatic heterocycles. The van der Waals surface area contributed by atoms with Gasteiger partial charge in [0.05, 0.1) is 5.92 Å². The highest BCUT2D eigenvalue weighted by Crippen LogP contribution is 2.49. The molecule has 0 N–H and O–H groups in total. The molecular weight excluding hydrogens is 310 g/mol. The van der Waals surface area contributed by atoms with E-state index in [1.165, 1.54) is 12.5 Å². The quantitative estimate of drug-likeness (QED) is 0.717. The van der Waals surface area contributed by atoms with Gasteiger partial charge in [0, 0.05) is 0 Å². The maximum Gasteiger partial charge on any atom is 0.309 e. The monoisotopic (exact) mass is 336 g/mol. The molecule has 0 heterocycles. The van der Waals surface area contributed by atoms with Crippen molar-refractivity contribution in [3.8, 4) is 0 Å². The van der Waals surface area contributed by atoms with Gasteiger partial charge < -0.3 is 4.74 Å². The van der Waals surface area contributed by atoms with Crippen LogP contribution in [-0.2, 0) is 9.53 Å². The molecular formula is C20H26F2O2. The second-order valence-corrected chi connectivity index (χ2v) is 7.92. The zero-order valence-corrected chi connectivity index (χ0v) is 14.6. The molecule has 0 spiro atoms. The first-order valence-electron chi connectivity index (χ1n) is 9.02. The lowest BCUT2D eigenvalue weighted by molar-refractivity contribution is -0.157. The van der Waals surface area contributed by atoms with Crippen molar-refractivity contribution in [2.24, 2.45) is 23.7 Å². The molecule has 2 aliphatic carbocycles. The Morgan fingerprint density at radius 3 is 2.58 bits per heavy atom. The number of carbonyl (C=O) groups is 1. The molecule has 24 heavy (non-hydrogen) atoms. The highest BCUT2D eigenvalue weighted by atomic mass is 19.2. The lowest BCUT2D eigenvalue weighted by Gasteiger charge is -2.36. The Kier molecular flexibility index (Phi) is 4.93. The van der Waals surface area contributed by atoms with E-state index in [0.29, 0.717) is 29.7 Å². The van der Waals surface area contributed by atoms with E-state index in [-0.39, 0.29) is 23.9 Å². The Balaban J connectivity index is 1.62. The van der Waals surface area contributed by atoms with E-state index >= 15 is 0 Å². The number of hydrogen-bond donors (Lipinski definition) is 0. The molecule has 4 heteroatoms. The average Bonchev–Trinajstić information content (AvgIpc) is 3.30. The van der Waals surface area contributed by atoms with Gasteiger partial charge in [0.1, 0.15) is 6.10 Å². The molecule has 3 rings (SSSR count). The van der Waals surface area contributed by atoms with Crippen molar-refractivity contribution in [3.05, 3.63) is 35.4 Å². The largest absolute Gasteiger partial charge is 0.462 e. The van der Waals surface area contributed by atoms with Crippen molar-refractivity contribution in [2.75, 3.05) is 0 Å². The van der Waals surface area contributed by atoms with Gasteiger partial charge in [-0.1, -0.05) is 33.3 Å². The Hall–Kier alpha value is -1.45. The molecule has 0 bridgehead atoms. The number of esters is 1. The van der Waals surface area contributed by atoms with Gasteiger partial charge in [-0.3, -0.25) is 4.79 Å². The fourth-order valence-electron chi connectivity index (χ4n) is 4.05. The van der Waals surface area contributed by atoms with Crippen molar-refractivity contribution in [1.29, 1.82) is 0 Å². The topological polar surface area (TPSA) is 26.3 Å². The van der Waals surface area contributed by atoms with Gasteiger partial charge in [-0.25, -0.2) is 8.78 Å². The molecule has 2 aliphatic rings. The summed E-state index contributed by atoms with van der Waals surface area (Å²) < 4.78 is 32.3. The molecule has 132 valence electrons. The van der Waals surface area contributed by atoms with E-state index in [9.17, 15) is 13.6 Å². The number of halogens is 2. The van der Waals surface area contributed by atoms with Crippen molar-refractivity contribution >= 4 is 5.97 Å². The van der Waals surface area contributed by atoms with Crippen LogP contribution in [0.25, 0.3) is 0 Å². The van der Waals surface area contributed by atoms with E-state index in [1.807, 2.05) is 0 Å². The first kappa shape index (κ1) is 17.4. The second kappa shape index (κ2) is 6.81. The van der Waals surface area contributed by atoms with Gasteiger partial charge in [0.25, 0.3) is 0 Å². The van der Waals surface area contributed by atoms with E-state index in [1.54, 1.807) is 6.07 Å². The smallest absolute Gasteiger partial charge is 0.309 e. The van der Waals surface area contributed by atoms with Crippen molar-refractivity contribution in [3.63, 3.8) is 0 Å². The summed E-state index contributed by atoms with van der Waals surface area (Å²) >= 11 is 0. The van der Waals surface area contributed by atoms with Crippen LogP contribution in [0, 0.1) is 35.3 Å². The van der Waals surface area contributed by atoms with Crippen LogP contribution in [0.4, 0.5) is 8.78 Å². The molecule has 5 atom stereocenters. The molecule has 0 saturated heterocycles. The lowest BCUT2D eigenvalue weighted by atomic mass is 9.75. The summed E-state index contributed by atoms with van der Waals surface area (Å²) in [6.45, 7) is 6.57. The van der Waals surface area contributed by atoms with Crippen LogP contribution >= 0.6 is 0 Å². The molecule has 0 radical (unpaired) electrons. The molecule has 1 aromatic rings. The minimum absolute atomic E-state index is 0.00699. The summed E-state index contributed by atoms with van der Waals surface area (Å²) in [7, 11) is 0. The minimum Gasteiger partial charge on any atom is -0.462 e. The van der Waals surface area contributed by atoms with Gasteiger partial charge in [0.2, 0.25) is 0 Å². The van der Waals surface area contributed by atoms with Gasteiger partial charge in [0.15, 0.2) is 11.6 Å². The maximum atomic E-state index is 13.4. The molecule has 1 aromatic carbocycles. The van der Waals surface area contributed by atoms with Crippen LogP contribution in [0.2, 0.25) is 0 Å². The molecule has 2 fully saturated rings. The van der Waals surface area contributed by atoms with E-state index in [2.05, 4.69) is 20.8 Å². The maximum absolute atomic E-state index is 13.4. The van der Waals surface area contributed by atoms with Gasteiger partial charge >= 0.3 is 5.97 Å². The number of rotatable bonds is 4. The fourth-order valence-corrected chi connectivity index (χ4v) is 4.05. The summed E-state index contributed by atoms with van der Waals surface area (Å²) in [6.07, 6.45) is 3.88. The Bertz CT molecular complexity index is 614. The highest BCUT2D eigenvalue weighted by molar-refractivity contribution is 5.77. The predicted octanol–water partition coefficient (Wildman–Crippen LogP) is 5.07. The summed E-state index contributed by atoms with van der Waals surface area (Å²) in [4.78, 5) is 12.5. The third kappa shape index (κ3) is 3.62. The van der Waals surface area contributed by atoms with Crippen LogP contribution < -0.4 is 0 Å². The Morgan fingerprint density at radius 2 is 1.92 bits per heavy atom. The number of benzene rings is 1. The third-order valence-corrected chi connectivity index (χ3v) is 5.69. The third-order valence-electron chi connectivity index (χ3n) is 5.69. The molecule has 2 saturated carbocycles. The Morgan fingerprint density at radius 1 is 1.17 bits per heavy atom. The number of ether oxygens (including phenoxy) is 1. The van der Waals surface area contributed by atoms with Gasteiger partial charge in [-0.2, -0.15) is 0 Å².